The fourth-order valence-electron chi connectivity index (χ4n) is 11.1. The highest BCUT2D eigenvalue weighted by Gasteiger charge is 2.23. The summed E-state index contributed by atoms with van der Waals surface area (Å²) in [7, 11) is 0. The van der Waals surface area contributed by atoms with E-state index in [1.165, 1.54) is 57.9 Å². The maximum atomic E-state index is 5.50. The van der Waals surface area contributed by atoms with Gasteiger partial charge in [-0.25, -0.2) is 15.0 Å². The van der Waals surface area contributed by atoms with E-state index in [4.69, 9.17) is 15.0 Å². The van der Waals surface area contributed by atoms with E-state index in [0.29, 0.717) is 17.5 Å². The predicted octanol–water partition coefficient (Wildman–Crippen LogP) is 17.4. The third-order valence-electron chi connectivity index (χ3n) is 14.3. The molecular formula is C65H39N5S. The average Bonchev–Trinajstić information content (AvgIpc) is 4.10. The fourth-order valence-corrected chi connectivity index (χ4v) is 12.4. The Bertz CT molecular complexity index is 4640. The van der Waals surface area contributed by atoms with Crippen LogP contribution in [-0.2, 0) is 0 Å². The van der Waals surface area contributed by atoms with Crippen molar-refractivity contribution in [1.29, 1.82) is 0 Å². The van der Waals surface area contributed by atoms with Gasteiger partial charge in [-0.15, -0.1) is 11.3 Å². The average molecular weight is 922 g/mol. The molecule has 0 saturated carbocycles. The molecule has 0 aliphatic carbocycles. The van der Waals surface area contributed by atoms with E-state index in [2.05, 4.69) is 228 Å². The summed E-state index contributed by atoms with van der Waals surface area (Å²) in [5, 5.41) is 12.1. The predicted molar refractivity (Wildman–Crippen MR) is 298 cm³/mol. The number of fused-ring (bicyclic) bond motifs is 12. The van der Waals surface area contributed by atoms with Gasteiger partial charge >= 0.3 is 0 Å². The van der Waals surface area contributed by atoms with Crippen LogP contribution in [0.15, 0.2) is 237 Å². The molecule has 0 amide bonds. The van der Waals surface area contributed by atoms with Gasteiger partial charge in [-0.3, -0.25) is 0 Å². The molecule has 0 radical (unpaired) electrons. The van der Waals surface area contributed by atoms with E-state index in [1.54, 1.807) is 0 Å². The highest BCUT2D eigenvalue weighted by atomic mass is 32.1. The van der Waals surface area contributed by atoms with E-state index in [1.807, 2.05) is 29.5 Å². The zero-order valence-corrected chi connectivity index (χ0v) is 39.0. The quantitative estimate of drug-likeness (QED) is 0.167. The van der Waals surface area contributed by atoms with Gasteiger partial charge in [-0.05, 0) is 112 Å². The van der Waals surface area contributed by atoms with Gasteiger partial charge in [0.25, 0.3) is 0 Å². The summed E-state index contributed by atoms with van der Waals surface area (Å²) in [6, 6.07) is 85.1. The topological polar surface area (TPSA) is 48.5 Å². The Hall–Kier alpha value is -9.23. The minimum Gasteiger partial charge on any atom is -0.309 e. The van der Waals surface area contributed by atoms with Crippen molar-refractivity contribution in [3.05, 3.63) is 237 Å². The van der Waals surface area contributed by atoms with E-state index in [9.17, 15) is 0 Å². The van der Waals surface area contributed by atoms with Crippen molar-refractivity contribution in [2.45, 2.75) is 0 Å². The van der Waals surface area contributed by atoms with Gasteiger partial charge in [0.15, 0.2) is 17.5 Å². The Balaban J connectivity index is 1.01. The van der Waals surface area contributed by atoms with E-state index < -0.39 is 0 Å². The van der Waals surface area contributed by atoms with E-state index >= 15 is 0 Å². The van der Waals surface area contributed by atoms with Crippen LogP contribution in [0.2, 0.25) is 0 Å². The molecule has 4 heterocycles. The summed E-state index contributed by atoms with van der Waals surface area (Å²) in [5.41, 5.74) is 11.7. The second kappa shape index (κ2) is 15.7. The maximum Gasteiger partial charge on any atom is 0.164 e. The Morgan fingerprint density at radius 1 is 0.296 bits per heavy atom. The van der Waals surface area contributed by atoms with Crippen LogP contribution in [0.4, 0.5) is 0 Å². The molecule has 6 heteroatoms. The van der Waals surface area contributed by atoms with Crippen molar-refractivity contribution < 1.29 is 0 Å². The normalized spacial score (nSPS) is 11.9. The van der Waals surface area contributed by atoms with Gasteiger partial charge in [0.2, 0.25) is 0 Å². The van der Waals surface area contributed by atoms with Gasteiger partial charge in [0, 0.05) is 69.8 Å². The Morgan fingerprint density at radius 2 is 0.901 bits per heavy atom. The van der Waals surface area contributed by atoms with Gasteiger partial charge in [-0.2, -0.15) is 0 Å². The largest absolute Gasteiger partial charge is 0.309 e. The second-order valence-corrected chi connectivity index (χ2v) is 19.4. The number of hydrogen-bond acceptors (Lipinski definition) is 4. The minimum atomic E-state index is 0.609. The number of nitrogens with zero attached hydrogens (tertiary/aromatic N) is 5. The smallest absolute Gasteiger partial charge is 0.164 e. The molecule has 0 fully saturated rings. The number of rotatable bonds is 6. The van der Waals surface area contributed by atoms with Gasteiger partial charge in [0.1, 0.15) is 0 Å². The summed E-state index contributed by atoms with van der Waals surface area (Å²) in [4.78, 5) is 16.2. The molecular weight excluding hydrogens is 883 g/mol. The first-order valence-electron chi connectivity index (χ1n) is 24.0. The summed E-state index contributed by atoms with van der Waals surface area (Å²) < 4.78 is 7.29. The highest BCUT2D eigenvalue weighted by molar-refractivity contribution is 7.26. The number of thiophene rings is 1. The van der Waals surface area contributed by atoms with Crippen molar-refractivity contribution in [2.75, 3.05) is 0 Å². The summed E-state index contributed by atoms with van der Waals surface area (Å²) in [6.07, 6.45) is 0. The minimum absolute atomic E-state index is 0.609. The Labute approximate surface area is 411 Å². The van der Waals surface area contributed by atoms with Gasteiger partial charge < -0.3 is 9.13 Å². The molecule has 0 spiro atoms. The molecule has 330 valence electrons. The first kappa shape index (κ1) is 39.7. The van der Waals surface area contributed by atoms with Crippen molar-refractivity contribution in [1.82, 2.24) is 24.1 Å². The van der Waals surface area contributed by atoms with E-state index in [0.717, 1.165) is 66.6 Å². The molecule has 0 bridgehead atoms. The summed E-state index contributed by atoms with van der Waals surface area (Å²) >= 11 is 1.86. The van der Waals surface area contributed by atoms with Crippen LogP contribution in [-0.4, -0.2) is 24.1 Å². The van der Waals surface area contributed by atoms with Crippen LogP contribution >= 0.6 is 11.3 Å². The monoisotopic (exact) mass is 921 g/mol. The molecule has 0 aliphatic rings. The van der Waals surface area contributed by atoms with Crippen LogP contribution < -0.4 is 0 Å². The molecule has 0 unspecified atom stereocenters. The number of para-hydroxylation sites is 3. The van der Waals surface area contributed by atoms with Crippen molar-refractivity contribution in [2.24, 2.45) is 0 Å². The van der Waals surface area contributed by atoms with Crippen molar-refractivity contribution in [3.8, 4) is 56.7 Å². The van der Waals surface area contributed by atoms with Crippen molar-refractivity contribution >= 4 is 96.7 Å². The van der Waals surface area contributed by atoms with Crippen molar-refractivity contribution in [3.63, 3.8) is 0 Å². The molecule has 0 N–H and O–H groups in total. The van der Waals surface area contributed by atoms with Gasteiger partial charge in [0.05, 0.1) is 22.1 Å². The molecule has 15 rings (SSSR count). The molecule has 15 aromatic rings. The fraction of sp³-hybridized carbons (Fsp3) is 0. The number of hydrogen-bond donors (Lipinski definition) is 0. The van der Waals surface area contributed by atoms with Crippen LogP contribution in [0.25, 0.3) is 142 Å². The molecule has 5 nitrogen and oxygen atoms in total. The molecule has 0 aliphatic heterocycles. The van der Waals surface area contributed by atoms with Crippen LogP contribution in [0.5, 0.6) is 0 Å². The van der Waals surface area contributed by atoms with E-state index in [-0.39, 0.29) is 0 Å². The second-order valence-electron chi connectivity index (χ2n) is 18.3. The lowest BCUT2D eigenvalue weighted by molar-refractivity contribution is 1.07. The molecule has 4 aromatic heterocycles. The standard InChI is InChI=1S/C65H39N5S/c1-3-17-41(18-4-1)63-66-64(44-31-35-58-54(37-44)48-24-11-13-27-56(48)69(58)45-21-5-2-6-22-45)68-65(67-63)51-34-32-46(70-57-28-14-12-25-49(57)55-36-42-19-7-8-20-43(42)38-59(55)70)39-53(51)50-26-15-29-60-61(50)52-33-30-40-16-9-10-23-47(40)62(52)71-60/h1-39H. The number of benzene rings is 11. The molecule has 0 saturated heterocycles. The Kier molecular flexibility index (Phi) is 8.76. The Morgan fingerprint density at radius 3 is 1.68 bits per heavy atom. The molecule has 71 heavy (non-hydrogen) atoms. The summed E-state index contributed by atoms with van der Waals surface area (Å²) in [6.45, 7) is 0. The lowest BCUT2D eigenvalue weighted by atomic mass is 9.93. The van der Waals surface area contributed by atoms with Gasteiger partial charge in [-0.1, -0.05) is 158 Å². The van der Waals surface area contributed by atoms with Crippen LogP contribution in [0.1, 0.15) is 0 Å². The summed E-state index contributed by atoms with van der Waals surface area (Å²) in [5.74, 6) is 1.84. The number of aromatic nitrogens is 5. The third kappa shape index (κ3) is 6.22. The first-order chi connectivity index (χ1) is 35.2. The third-order valence-corrected chi connectivity index (χ3v) is 15.5. The van der Waals surface area contributed by atoms with Crippen LogP contribution in [0.3, 0.4) is 0 Å². The van der Waals surface area contributed by atoms with Crippen LogP contribution in [0, 0.1) is 0 Å². The lowest BCUT2D eigenvalue weighted by Gasteiger charge is -2.16. The lowest BCUT2D eigenvalue weighted by Crippen LogP contribution is -2.02. The molecule has 0 atom stereocenters. The maximum absolute atomic E-state index is 5.50. The SMILES string of the molecule is c1ccc(-c2nc(-c3ccc4c(c3)c3ccccc3n4-c3ccccc3)nc(-c3ccc(-n4c5ccccc5c5cc6ccccc6cc54)cc3-c3cccc4sc5c6ccccc6ccc5c34)n2)cc1. The zero-order valence-electron chi connectivity index (χ0n) is 38.2. The molecule has 11 aromatic carbocycles. The zero-order chi connectivity index (χ0) is 46.6. The first-order valence-corrected chi connectivity index (χ1v) is 24.8. The highest BCUT2D eigenvalue weighted by Crippen LogP contribution is 2.46.